The van der Waals surface area contributed by atoms with Crippen molar-refractivity contribution in [1.29, 1.82) is 0 Å². The summed E-state index contributed by atoms with van der Waals surface area (Å²) < 4.78 is 0. The van der Waals surface area contributed by atoms with Gasteiger partial charge in [0.1, 0.15) is 0 Å². The van der Waals surface area contributed by atoms with Gasteiger partial charge in [0, 0.05) is 31.4 Å². The molecule has 0 bridgehead atoms. The maximum Gasteiger partial charge on any atom is 0.308 e. The molecule has 0 aliphatic carbocycles. The van der Waals surface area contributed by atoms with Crippen molar-refractivity contribution >= 4 is 30.8 Å². The molecule has 0 spiro atoms. The summed E-state index contributed by atoms with van der Waals surface area (Å²) in [5.74, 6) is -0.996. The lowest BCUT2D eigenvalue weighted by molar-refractivity contribution is -0.141. The molecule has 1 aliphatic rings. The molecule has 1 aliphatic heterocycles. The van der Waals surface area contributed by atoms with Gasteiger partial charge in [-0.2, -0.15) is 0 Å². The first-order valence-corrected chi connectivity index (χ1v) is 4.62. The largest absolute Gasteiger partial charge is 0.481 e. The summed E-state index contributed by atoms with van der Waals surface area (Å²) in [6, 6.07) is 3.77. The predicted molar refractivity (Wildman–Crippen MR) is 65.5 cm³/mol. The van der Waals surface area contributed by atoms with Crippen LogP contribution in [0.15, 0.2) is 24.5 Å². The third kappa shape index (κ3) is 3.07. The topological polar surface area (TPSA) is 62.2 Å². The number of nitrogens with one attached hydrogen (secondary N) is 1. The maximum atomic E-state index is 10.9. The van der Waals surface area contributed by atoms with Gasteiger partial charge in [-0.25, -0.2) is 0 Å². The Morgan fingerprint density at radius 2 is 2.19 bits per heavy atom. The molecule has 1 aromatic rings. The molecule has 1 saturated heterocycles. The molecule has 6 heteroatoms. The molecule has 0 unspecified atom stereocenters. The van der Waals surface area contributed by atoms with Gasteiger partial charge in [0.05, 0.1) is 5.92 Å². The minimum absolute atomic E-state index is 0. The van der Waals surface area contributed by atoms with E-state index in [9.17, 15) is 4.79 Å². The lowest BCUT2D eigenvalue weighted by atomic mass is 9.90. The minimum Gasteiger partial charge on any atom is -0.481 e. The van der Waals surface area contributed by atoms with Gasteiger partial charge in [-0.15, -0.1) is 24.8 Å². The Labute approximate surface area is 106 Å². The highest BCUT2D eigenvalue weighted by Gasteiger charge is 2.33. The Bertz CT molecular complexity index is 335. The molecular weight excluding hydrogens is 251 g/mol. The van der Waals surface area contributed by atoms with Crippen LogP contribution < -0.4 is 5.32 Å². The van der Waals surface area contributed by atoms with Crippen LogP contribution in [0.2, 0.25) is 0 Å². The van der Waals surface area contributed by atoms with Crippen molar-refractivity contribution in [1.82, 2.24) is 10.3 Å². The molecule has 0 radical (unpaired) electrons. The summed E-state index contributed by atoms with van der Waals surface area (Å²) in [7, 11) is 0. The van der Waals surface area contributed by atoms with Crippen molar-refractivity contribution < 1.29 is 9.90 Å². The zero-order valence-electron chi connectivity index (χ0n) is 8.50. The highest BCUT2D eigenvalue weighted by Crippen LogP contribution is 2.27. The van der Waals surface area contributed by atoms with Crippen LogP contribution >= 0.6 is 24.8 Å². The van der Waals surface area contributed by atoms with Crippen molar-refractivity contribution in [2.75, 3.05) is 13.1 Å². The molecular formula is C10H14Cl2N2O2. The van der Waals surface area contributed by atoms with Crippen molar-refractivity contribution in [3.05, 3.63) is 30.1 Å². The van der Waals surface area contributed by atoms with Crippen LogP contribution in [0.1, 0.15) is 11.5 Å². The minimum atomic E-state index is -0.733. The van der Waals surface area contributed by atoms with Crippen LogP contribution in [-0.2, 0) is 4.79 Å². The quantitative estimate of drug-likeness (QED) is 0.846. The second-order valence-electron chi connectivity index (χ2n) is 3.50. The van der Waals surface area contributed by atoms with Gasteiger partial charge in [0.25, 0.3) is 0 Å². The Kier molecular flexibility index (Phi) is 6.33. The Hall–Kier alpha value is -0.840. The van der Waals surface area contributed by atoms with Gasteiger partial charge < -0.3 is 10.4 Å². The number of nitrogens with zero attached hydrogens (tertiary/aromatic N) is 1. The monoisotopic (exact) mass is 264 g/mol. The van der Waals surface area contributed by atoms with E-state index in [-0.39, 0.29) is 36.6 Å². The van der Waals surface area contributed by atoms with Crippen LogP contribution in [0.3, 0.4) is 0 Å². The van der Waals surface area contributed by atoms with Gasteiger partial charge in [0.2, 0.25) is 0 Å². The second kappa shape index (κ2) is 6.68. The standard InChI is InChI=1S/C10H12N2O2.2ClH/c13-10(14)9-6-12-5-8(9)7-2-1-3-11-4-7;;/h1-4,8-9,12H,5-6H2,(H,13,14);2*1H/t8-,9+;;/m1../s1. The Morgan fingerprint density at radius 3 is 2.75 bits per heavy atom. The fraction of sp³-hybridized carbons (Fsp3) is 0.400. The number of carbonyl (C=O) groups is 1. The molecule has 2 heterocycles. The number of halogens is 2. The SMILES string of the molecule is Cl.Cl.O=C(O)[C@H]1CNC[C@@H]1c1cccnc1. The highest BCUT2D eigenvalue weighted by molar-refractivity contribution is 5.85. The van der Waals surface area contributed by atoms with E-state index in [1.807, 2.05) is 12.1 Å². The maximum absolute atomic E-state index is 10.9. The van der Waals surface area contributed by atoms with Crippen molar-refractivity contribution in [3.8, 4) is 0 Å². The summed E-state index contributed by atoms with van der Waals surface area (Å²) in [5.41, 5.74) is 1.00. The van der Waals surface area contributed by atoms with E-state index in [1.165, 1.54) is 0 Å². The number of hydrogen-bond acceptors (Lipinski definition) is 3. The van der Waals surface area contributed by atoms with Gasteiger partial charge in [-0.1, -0.05) is 6.07 Å². The summed E-state index contributed by atoms with van der Waals surface area (Å²) in [5, 5.41) is 12.1. The Morgan fingerprint density at radius 1 is 1.44 bits per heavy atom. The van der Waals surface area contributed by atoms with Crippen LogP contribution in [-0.4, -0.2) is 29.1 Å². The smallest absolute Gasteiger partial charge is 0.308 e. The van der Waals surface area contributed by atoms with E-state index in [4.69, 9.17) is 5.11 Å². The zero-order chi connectivity index (χ0) is 9.97. The molecule has 2 rings (SSSR count). The molecule has 2 atom stereocenters. The van der Waals surface area contributed by atoms with Gasteiger partial charge in [-0.05, 0) is 11.6 Å². The zero-order valence-corrected chi connectivity index (χ0v) is 10.1. The van der Waals surface area contributed by atoms with Crippen LogP contribution in [0.4, 0.5) is 0 Å². The van der Waals surface area contributed by atoms with E-state index in [0.29, 0.717) is 6.54 Å². The van der Waals surface area contributed by atoms with Gasteiger partial charge in [0.15, 0.2) is 0 Å². The number of hydrogen-bond donors (Lipinski definition) is 2. The molecule has 0 amide bonds. The number of aromatic nitrogens is 1. The third-order valence-corrected chi connectivity index (χ3v) is 2.64. The summed E-state index contributed by atoms with van der Waals surface area (Å²) >= 11 is 0. The fourth-order valence-corrected chi connectivity index (χ4v) is 1.88. The summed E-state index contributed by atoms with van der Waals surface area (Å²) in [4.78, 5) is 14.9. The lowest BCUT2D eigenvalue weighted by Crippen LogP contribution is -2.21. The molecule has 0 aromatic carbocycles. The first-order valence-electron chi connectivity index (χ1n) is 4.62. The summed E-state index contributed by atoms with van der Waals surface area (Å²) in [6.45, 7) is 1.28. The fourth-order valence-electron chi connectivity index (χ4n) is 1.88. The average molecular weight is 265 g/mol. The number of carboxylic acids is 1. The predicted octanol–water partition coefficient (Wildman–Crippen LogP) is 1.31. The van der Waals surface area contributed by atoms with Crippen molar-refractivity contribution in [2.45, 2.75) is 5.92 Å². The molecule has 4 nitrogen and oxygen atoms in total. The molecule has 16 heavy (non-hydrogen) atoms. The molecule has 2 N–H and O–H groups in total. The van der Waals surface area contributed by atoms with E-state index in [0.717, 1.165) is 12.1 Å². The van der Waals surface area contributed by atoms with Crippen molar-refractivity contribution in [2.24, 2.45) is 5.92 Å². The van der Waals surface area contributed by atoms with Crippen LogP contribution in [0.25, 0.3) is 0 Å². The molecule has 1 aromatic heterocycles. The molecule has 1 fully saturated rings. The highest BCUT2D eigenvalue weighted by atomic mass is 35.5. The first kappa shape index (κ1) is 15.2. The normalized spacial score (nSPS) is 23.0. The number of pyridine rings is 1. The Balaban J connectivity index is 0.00000112. The number of aliphatic carboxylic acids is 1. The van der Waals surface area contributed by atoms with Crippen LogP contribution in [0.5, 0.6) is 0 Å². The van der Waals surface area contributed by atoms with E-state index < -0.39 is 5.97 Å². The third-order valence-electron chi connectivity index (χ3n) is 2.64. The molecule has 0 saturated carbocycles. The van der Waals surface area contributed by atoms with Gasteiger partial charge in [-0.3, -0.25) is 9.78 Å². The number of rotatable bonds is 2. The average Bonchev–Trinajstić information content (AvgIpc) is 2.67. The lowest BCUT2D eigenvalue weighted by Gasteiger charge is -2.13. The van der Waals surface area contributed by atoms with E-state index in [2.05, 4.69) is 10.3 Å². The number of carboxylic acid groups (broad SMARTS) is 1. The van der Waals surface area contributed by atoms with Crippen molar-refractivity contribution in [3.63, 3.8) is 0 Å². The summed E-state index contributed by atoms with van der Waals surface area (Å²) in [6.07, 6.45) is 3.44. The second-order valence-corrected chi connectivity index (χ2v) is 3.50. The molecule has 90 valence electrons. The van der Waals surface area contributed by atoms with Gasteiger partial charge >= 0.3 is 5.97 Å². The van der Waals surface area contributed by atoms with Crippen LogP contribution in [0, 0.1) is 5.92 Å². The van der Waals surface area contributed by atoms with E-state index >= 15 is 0 Å². The first-order chi connectivity index (χ1) is 6.79. The van der Waals surface area contributed by atoms with E-state index in [1.54, 1.807) is 12.4 Å².